The number of alkyl halides is 1. The number of carbonyl (C=O) groups is 2. The lowest BCUT2D eigenvalue weighted by atomic mass is 10.3. The molecule has 0 aliphatic heterocycles. The van der Waals surface area contributed by atoms with Crippen molar-refractivity contribution in [3.05, 3.63) is 48.5 Å². The molecule has 0 heterocycles. The molecule has 2 aromatic rings. The lowest BCUT2D eigenvalue weighted by Gasteiger charge is -2.08. The zero-order valence-electron chi connectivity index (χ0n) is 14.2. The van der Waals surface area contributed by atoms with Gasteiger partial charge in [0, 0.05) is 17.8 Å². The molecule has 0 bridgehead atoms. The minimum atomic E-state index is -3.70. The summed E-state index contributed by atoms with van der Waals surface area (Å²) in [5, 5.41) is 5.25. The van der Waals surface area contributed by atoms with Crippen LogP contribution in [0.5, 0.6) is 0 Å². The zero-order valence-corrected chi connectivity index (χ0v) is 15.7. The maximum atomic E-state index is 12.7. The second kappa shape index (κ2) is 8.82. The number of benzene rings is 2. The molecule has 0 atom stereocenters. The molecule has 0 fully saturated rings. The molecule has 0 aliphatic rings. The average molecular weight is 395 g/mol. The summed E-state index contributed by atoms with van der Waals surface area (Å²) in [5.74, 6) is -0.665. The van der Waals surface area contributed by atoms with E-state index in [4.69, 9.17) is 11.6 Å². The maximum Gasteiger partial charge on any atom is 0.239 e. The van der Waals surface area contributed by atoms with Crippen LogP contribution >= 0.6 is 11.6 Å². The van der Waals surface area contributed by atoms with Crippen LogP contribution < -0.4 is 10.6 Å². The first kappa shape index (κ1) is 19.9. The summed E-state index contributed by atoms with van der Waals surface area (Å²) < 4.78 is 25.3. The van der Waals surface area contributed by atoms with E-state index in [0.717, 1.165) is 6.42 Å². The molecular formula is C18H19ClN2O4S. The first-order valence-corrected chi connectivity index (χ1v) is 9.99. The van der Waals surface area contributed by atoms with Gasteiger partial charge in [0.2, 0.25) is 21.7 Å². The summed E-state index contributed by atoms with van der Waals surface area (Å²) in [6, 6.07) is 11.8. The number of nitrogens with one attached hydrogen (secondary N) is 2. The van der Waals surface area contributed by atoms with Crippen molar-refractivity contribution < 1.29 is 18.0 Å². The molecule has 0 aliphatic carbocycles. The highest BCUT2D eigenvalue weighted by atomic mass is 35.5. The fourth-order valence-corrected chi connectivity index (χ4v) is 3.54. The van der Waals surface area contributed by atoms with Crippen LogP contribution in [0.2, 0.25) is 0 Å². The number of hydrogen-bond donors (Lipinski definition) is 2. The van der Waals surface area contributed by atoms with Crippen molar-refractivity contribution in [1.82, 2.24) is 0 Å². The van der Waals surface area contributed by atoms with Crippen LogP contribution in [0.15, 0.2) is 58.3 Å². The van der Waals surface area contributed by atoms with E-state index < -0.39 is 9.84 Å². The predicted molar refractivity (Wildman–Crippen MR) is 101 cm³/mol. The van der Waals surface area contributed by atoms with E-state index in [2.05, 4.69) is 10.6 Å². The van der Waals surface area contributed by atoms with Crippen LogP contribution in [-0.4, -0.2) is 26.1 Å². The van der Waals surface area contributed by atoms with Crippen molar-refractivity contribution in [3.63, 3.8) is 0 Å². The van der Waals surface area contributed by atoms with Gasteiger partial charge in [-0.1, -0.05) is 6.92 Å². The highest BCUT2D eigenvalue weighted by molar-refractivity contribution is 7.91. The van der Waals surface area contributed by atoms with Gasteiger partial charge >= 0.3 is 0 Å². The van der Waals surface area contributed by atoms with Gasteiger partial charge in [0.05, 0.1) is 9.79 Å². The van der Waals surface area contributed by atoms with Crippen LogP contribution in [0.25, 0.3) is 0 Å². The Morgan fingerprint density at radius 3 is 1.65 bits per heavy atom. The highest BCUT2D eigenvalue weighted by Crippen LogP contribution is 2.23. The van der Waals surface area contributed by atoms with E-state index in [1.807, 2.05) is 6.92 Å². The van der Waals surface area contributed by atoms with Gasteiger partial charge in [0.25, 0.3) is 0 Å². The third kappa shape index (κ3) is 5.06. The molecule has 2 rings (SSSR count). The lowest BCUT2D eigenvalue weighted by molar-refractivity contribution is -0.116. The van der Waals surface area contributed by atoms with E-state index in [0.29, 0.717) is 17.8 Å². The quantitative estimate of drug-likeness (QED) is 0.703. The van der Waals surface area contributed by atoms with Crippen LogP contribution in [-0.2, 0) is 19.4 Å². The van der Waals surface area contributed by atoms with Gasteiger partial charge < -0.3 is 10.6 Å². The molecule has 0 saturated heterocycles. The van der Waals surface area contributed by atoms with Gasteiger partial charge in [-0.05, 0) is 55.0 Å². The zero-order chi connectivity index (χ0) is 19.2. The Morgan fingerprint density at radius 2 is 1.27 bits per heavy atom. The van der Waals surface area contributed by atoms with Crippen LogP contribution in [0.4, 0.5) is 11.4 Å². The van der Waals surface area contributed by atoms with Gasteiger partial charge in [0.1, 0.15) is 5.88 Å². The summed E-state index contributed by atoms with van der Waals surface area (Å²) in [6.07, 6.45) is 1.15. The minimum Gasteiger partial charge on any atom is -0.326 e. The molecule has 0 unspecified atom stereocenters. The van der Waals surface area contributed by atoms with E-state index in [9.17, 15) is 18.0 Å². The molecule has 138 valence electrons. The standard InChI is InChI=1S/C18H19ClN2O4S/c1-2-3-17(22)20-13-4-8-15(9-5-13)26(24,25)16-10-6-14(7-11-16)21-18(23)12-19/h4-11H,2-3,12H2,1H3,(H,20,22)(H,21,23). The summed E-state index contributed by atoms with van der Waals surface area (Å²) >= 11 is 5.41. The van der Waals surface area contributed by atoms with Gasteiger partial charge in [-0.3, -0.25) is 9.59 Å². The molecular weight excluding hydrogens is 376 g/mol. The topological polar surface area (TPSA) is 92.3 Å². The minimum absolute atomic E-state index is 0.101. The van der Waals surface area contributed by atoms with Crippen molar-refractivity contribution in [2.24, 2.45) is 0 Å². The van der Waals surface area contributed by atoms with Crippen molar-refractivity contribution in [2.75, 3.05) is 16.5 Å². The van der Waals surface area contributed by atoms with Gasteiger partial charge in [-0.25, -0.2) is 8.42 Å². The fraction of sp³-hybridized carbons (Fsp3) is 0.222. The summed E-state index contributed by atoms with van der Waals surface area (Å²) in [6.45, 7) is 1.90. The van der Waals surface area contributed by atoms with Crippen molar-refractivity contribution in [3.8, 4) is 0 Å². The molecule has 6 nitrogen and oxygen atoms in total. The Kier molecular flexibility index (Phi) is 6.76. The van der Waals surface area contributed by atoms with Crippen molar-refractivity contribution >= 4 is 44.6 Å². The molecule has 0 aromatic heterocycles. The Bertz CT molecular complexity index is 878. The molecule has 0 radical (unpaired) electrons. The number of anilines is 2. The second-order valence-electron chi connectivity index (χ2n) is 5.53. The van der Waals surface area contributed by atoms with E-state index >= 15 is 0 Å². The third-order valence-electron chi connectivity index (χ3n) is 3.50. The number of amides is 2. The first-order chi connectivity index (χ1) is 12.4. The molecule has 0 saturated carbocycles. The monoisotopic (exact) mass is 394 g/mol. The maximum absolute atomic E-state index is 12.7. The van der Waals surface area contributed by atoms with Crippen LogP contribution in [0.1, 0.15) is 19.8 Å². The third-order valence-corrected chi connectivity index (χ3v) is 5.52. The Balaban J connectivity index is 2.16. The number of rotatable bonds is 7. The van der Waals surface area contributed by atoms with Gasteiger partial charge in [0.15, 0.2) is 0 Å². The highest BCUT2D eigenvalue weighted by Gasteiger charge is 2.17. The summed E-state index contributed by atoms with van der Waals surface area (Å²) in [7, 11) is -3.70. The Hall–Kier alpha value is -2.38. The fourth-order valence-electron chi connectivity index (χ4n) is 2.22. The largest absolute Gasteiger partial charge is 0.326 e. The summed E-state index contributed by atoms with van der Waals surface area (Å²) in [5.41, 5.74) is 1.00. The Morgan fingerprint density at radius 1 is 0.846 bits per heavy atom. The van der Waals surface area contributed by atoms with E-state index in [1.54, 1.807) is 12.1 Å². The molecule has 2 amide bonds. The number of hydrogen-bond acceptors (Lipinski definition) is 4. The first-order valence-electron chi connectivity index (χ1n) is 7.97. The predicted octanol–water partition coefficient (Wildman–Crippen LogP) is 3.44. The van der Waals surface area contributed by atoms with Crippen molar-refractivity contribution in [2.45, 2.75) is 29.6 Å². The van der Waals surface area contributed by atoms with Crippen LogP contribution in [0, 0.1) is 0 Å². The number of sulfone groups is 1. The molecule has 2 N–H and O–H groups in total. The number of carbonyl (C=O) groups excluding carboxylic acids is 2. The smallest absolute Gasteiger partial charge is 0.239 e. The molecule has 26 heavy (non-hydrogen) atoms. The second-order valence-corrected chi connectivity index (χ2v) is 7.75. The Labute approximate surface area is 157 Å². The normalized spacial score (nSPS) is 11.0. The van der Waals surface area contributed by atoms with E-state index in [1.165, 1.54) is 36.4 Å². The summed E-state index contributed by atoms with van der Waals surface area (Å²) in [4.78, 5) is 23.0. The van der Waals surface area contributed by atoms with Crippen molar-refractivity contribution in [1.29, 1.82) is 0 Å². The average Bonchev–Trinajstić information content (AvgIpc) is 2.62. The van der Waals surface area contributed by atoms with Crippen LogP contribution in [0.3, 0.4) is 0 Å². The van der Waals surface area contributed by atoms with Gasteiger partial charge in [-0.2, -0.15) is 0 Å². The molecule has 0 spiro atoms. The lowest BCUT2D eigenvalue weighted by Crippen LogP contribution is -2.12. The van der Waals surface area contributed by atoms with E-state index in [-0.39, 0.29) is 27.5 Å². The number of halogens is 1. The van der Waals surface area contributed by atoms with Gasteiger partial charge in [-0.15, -0.1) is 11.6 Å². The SMILES string of the molecule is CCCC(=O)Nc1ccc(S(=O)(=O)c2ccc(NC(=O)CCl)cc2)cc1. The molecule has 2 aromatic carbocycles. The molecule has 8 heteroatoms.